The van der Waals surface area contributed by atoms with Gasteiger partial charge in [0, 0.05) is 47.8 Å². The van der Waals surface area contributed by atoms with Crippen LogP contribution in [-0.4, -0.2) is 65.2 Å². The van der Waals surface area contributed by atoms with E-state index in [1.165, 1.54) is 35.8 Å². The van der Waals surface area contributed by atoms with Crippen LogP contribution in [0.3, 0.4) is 0 Å². The molecule has 0 unspecified atom stereocenters. The predicted molar refractivity (Wildman–Crippen MR) is 157 cm³/mol. The van der Waals surface area contributed by atoms with Crippen LogP contribution in [0.5, 0.6) is 0 Å². The highest BCUT2D eigenvalue weighted by molar-refractivity contribution is 8.00. The van der Waals surface area contributed by atoms with Gasteiger partial charge >= 0.3 is 12.1 Å². The normalized spacial score (nSPS) is 19.1. The fourth-order valence-corrected chi connectivity index (χ4v) is 6.78. The summed E-state index contributed by atoms with van der Waals surface area (Å²) in [6.07, 6.45) is 3.32. The van der Waals surface area contributed by atoms with Crippen molar-refractivity contribution in [3.05, 3.63) is 63.9 Å². The number of benzene rings is 2. The van der Waals surface area contributed by atoms with E-state index in [4.69, 9.17) is 4.74 Å². The fourth-order valence-electron chi connectivity index (χ4n) is 5.65. The summed E-state index contributed by atoms with van der Waals surface area (Å²) in [5.74, 6) is -2.60. The number of aromatic nitrogens is 1. The Hall–Kier alpha value is -4.13. The van der Waals surface area contributed by atoms with Crippen LogP contribution in [0.4, 0.5) is 25.0 Å². The van der Waals surface area contributed by atoms with E-state index in [1.54, 1.807) is 22.8 Å². The summed E-state index contributed by atoms with van der Waals surface area (Å²) in [4.78, 5) is 51.5. The van der Waals surface area contributed by atoms with Crippen molar-refractivity contribution >= 4 is 52.0 Å². The monoisotopic (exact) mass is 612 g/mol. The minimum atomic E-state index is -1.33. The molecule has 10 nitrogen and oxygen atoms in total. The second-order valence-electron chi connectivity index (χ2n) is 11.1. The third-order valence-corrected chi connectivity index (χ3v) is 9.42. The molecule has 0 bridgehead atoms. The van der Waals surface area contributed by atoms with Gasteiger partial charge in [0.25, 0.3) is 0 Å². The van der Waals surface area contributed by atoms with Gasteiger partial charge in [0.05, 0.1) is 30.0 Å². The van der Waals surface area contributed by atoms with Crippen molar-refractivity contribution in [1.82, 2.24) is 9.88 Å². The second-order valence-corrected chi connectivity index (χ2v) is 12.5. The molecule has 2 N–H and O–H groups in total. The number of ether oxygens (including phenoxy) is 1. The molecule has 0 radical (unpaired) electrons. The van der Waals surface area contributed by atoms with Gasteiger partial charge in [0.1, 0.15) is 23.3 Å². The summed E-state index contributed by atoms with van der Waals surface area (Å²) in [6, 6.07) is 7.49. The van der Waals surface area contributed by atoms with E-state index in [-0.39, 0.29) is 41.2 Å². The Morgan fingerprint density at radius 1 is 1.07 bits per heavy atom. The molecule has 0 spiro atoms. The Labute approximate surface area is 249 Å². The highest BCUT2D eigenvalue weighted by atomic mass is 32.2. The average Bonchev–Trinajstić information content (AvgIpc) is 3.75. The number of hydrogen-bond donors (Lipinski definition) is 2. The largest absolute Gasteiger partial charge is 0.477 e. The highest BCUT2D eigenvalue weighted by Crippen LogP contribution is 2.39. The van der Waals surface area contributed by atoms with E-state index in [0.29, 0.717) is 47.7 Å². The molecule has 2 amide bonds. The maximum atomic E-state index is 15.3. The highest BCUT2D eigenvalue weighted by Gasteiger charge is 2.33. The molecule has 43 heavy (non-hydrogen) atoms. The van der Waals surface area contributed by atoms with Crippen LogP contribution in [0.15, 0.2) is 46.2 Å². The lowest BCUT2D eigenvalue weighted by molar-refractivity contribution is -0.119. The SMILES string of the molecule is CC(=O)NC[C@H]1CN(c2ccc(SC3CCN(c4cc5c(cc4F)c(=O)c(C(=O)O)cn5C4CC4)CC3)c(F)c2)C(=O)O1. The minimum Gasteiger partial charge on any atom is -0.477 e. The van der Waals surface area contributed by atoms with E-state index in [0.717, 1.165) is 18.9 Å². The van der Waals surface area contributed by atoms with E-state index in [9.17, 15) is 24.3 Å². The number of pyridine rings is 1. The van der Waals surface area contributed by atoms with Gasteiger partial charge in [-0.25, -0.2) is 18.4 Å². The first-order chi connectivity index (χ1) is 20.6. The maximum absolute atomic E-state index is 15.3. The maximum Gasteiger partial charge on any atom is 0.414 e. The first-order valence-electron chi connectivity index (χ1n) is 14.1. The number of hydrogen-bond acceptors (Lipinski definition) is 7. The smallest absolute Gasteiger partial charge is 0.414 e. The lowest BCUT2D eigenvalue weighted by atomic mass is 10.1. The van der Waals surface area contributed by atoms with Gasteiger partial charge in [0.15, 0.2) is 0 Å². The third kappa shape index (κ3) is 5.90. The number of rotatable bonds is 8. The van der Waals surface area contributed by atoms with Crippen molar-refractivity contribution in [2.24, 2.45) is 0 Å². The molecular formula is C30H30F2N4O6S. The molecule has 3 heterocycles. The van der Waals surface area contributed by atoms with E-state index >= 15 is 8.78 Å². The quantitative estimate of drug-likeness (QED) is 0.381. The summed E-state index contributed by atoms with van der Waals surface area (Å²) in [5.41, 5.74) is 0.197. The Kier molecular flexibility index (Phi) is 7.75. The molecule has 6 rings (SSSR count). The number of carbonyl (C=O) groups is 3. The van der Waals surface area contributed by atoms with Crippen molar-refractivity contribution in [3.63, 3.8) is 0 Å². The van der Waals surface area contributed by atoms with Crippen LogP contribution in [0.25, 0.3) is 10.9 Å². The summed E-state index contributed by atoms with van der Waals surface area (Å²) < 4.78 is 37.5. The van der Waals surface area contributed by atoms with Gasteiger partial charge in [-0.1, -0.05) is 0 Å². The average molecular weight is 613 g/mol. The molecule has 1 aliphatic carbocycles. The number of carboxylic acids is 1. The van der Waals surface area contributed by atoms with E-state index in [1.807, 2.05) is 4.90 Å². The molecule has 1 aromatic heterocycles. The van der Waals surface area contributed by atoms with Crippen LogP contribution in [-0.2, 0) is 9.53 Å². The number of piperidine rings is 1. The first-order valence-corrected chi connectivity index (χ1v) is 15.0. The van der Waals surface area contributed by atoms with Crippen molar-refractivity contribution < 1.29 is 33.0 Å². The van der Waals surface area contributed by atoms with Crippen molar-refractivity contribution in [2.75, 3.05) is 36.0 Å². The molecular weight excluding hydrogens is 582 g/mol. The first kappa shape index (κ1) is 29.0. The third-order valence-electron chi connectivity index (χ3n) is 8.03. The topological polar surface area (TPSA) is 121 Å². The zero-order chi connectivity index (χ0) is 30.4. The number of anilines is 2. The molecule has 3 fully saturated rings. The molecule has 2 aromatic carbocycles. The molecule has 3 aliphatic rings. The summed E-state index contributed by atoms with van der Waals surface area (Å²) >= 11 is 1.40. The van der Waals surface area contributed by atoms with Crippen LogP contribution >= 0.6 is 11.8 Å². The van der Waals surface area contributed by atoms with Crippen LogP contribution in [0.1, 0.15) is 49.0 Å². The number of cyclic esters (lactones) is 1. The van der Waals surface area contributed by atoms with Gasteiger partial charge in [0.2, 0.25) is 11.3 Å². The second kappa shape index (κ2) is 11.5. The Morgan fingerprint density at radius 3 is 2.47 bits per heavy atom. The zero-order valence-electron chi connectivity index (χ0n) is 23.3. The molecule has 2 aliphatic heterocycles. The molecule has 226 valence electrons. The lowest BCUT2D eigenvalue weighted by Crippen LogP contribution is -2.35. The van der Waals surface area contributed by atoms with Crippen LogP contribution < -0.4 is 20.5 Å². The molecule has 1 saturated carbocycles. The molecule has 3 aromatic rings. The number of nitrogens with one attached hydrogen (secondary N) is 1. The number of carbonyl (C=O) groups excluding carboxylic acids is 2. The number of halogens is 2. The standard InChI is InChI=1S/C30H30F2N4O6S/c1-16(37)33-13-19-14-36(30(41)42-19)18-4-5-27(24(32)10-18)43-20-6-8-34(9-7-20)26-12-25-21(11-23(26)31)28(38)22(29(39)40)15-35(25)17-2-3-17/h4-5,10-12,15,17,19-20H,2-3,6-9,13-14H2,1H3,(H,33,37)(H,39,40)/t19-/m0/s1. The Morgan fingerprint density at radius 2 is 1.81 bits per heavy atom. The number of nitrogens with zero attached hydrogens (tertiary/aromatic N) is 3. The predicted octanol–water partition coefficient (Wildman–Crippen LogP) is 4.54. The lowest BCUT2D eigenvalue weighted by Gasteiger charge is -2.34. The van der Waals surface area contributed by atoms with Crippen molar-refractivity contribution in [1.29, 1.82) is 0 Å². The fraction of sp³-hybridized carbons (Fsp3) is 0.400. The van der Waals surface area contributed by atoms with Gasteiger partial charge in [-0.15, -0.1) is 11.8 Å². The summed E-state index contributed by atoms with van der Waals surface area (Å²) in [5, 5.41) is 12.2. The van der Waals surface area contributed by atoms with Gasteiger partial charge < -0.3 is 24.6 Å². The minimum absolute atomic E-state index is 0.0582. The van der Waals surface area contributed by atoms with Crippen molar-refractivity contribution in [3.8, 4) is 0 Å². The van der Waals surface area contributed by atoms with Crippen LogP contribution in [0.2, 0.25) is 0 Å². The van der Waals surface area contributed by atoms with Gasteiger partial charge in [-0.2, -0.15) is 0 Å². The molecule has 13 heteroatoms. The number of aromatic carboxylic acids is 1. The van der Waals surface area contributed by atoms with E-state index < -0.39 is 35.2 Å². The zero-order valence-corrected chi connectivity index (χ0v) is 24.2. The van der Waals surface area contributed by atoms with Crippen molar-refractivity contribution in [2.45, 2.75) is 54.9 Å². The number of fused-ring (bicyclic) bond motifs is 1. The number of amides is 2. The van der Waals surface area contributed by atoms with Gasteiger partial charge in [-0.05, 0) is 56.0 Å². The number of carboxylic acid groups (broad SMARTS) is 1. The van der Waals surface area contributed by atoms with E-state index in [2.05, 4.69) is 5.32 Å². The summed E-state index contributed by atoms with van der Waals surface area (Å²) in [6.45, 7) is 2.80. The number of thioether (sulfide) groups is 1. The Balaban J connectivity index is 1.12. The van der Waals surface area contributed by atoms with Crippen LogP contribution in [0, 0.1) is 11.6 Å². The summed E-state index contributed by atoms with van der Waals surface area (Å²) in [7, 11) is 0. The van der Waals surface area contributed by atoms with Gasteiger partial charge in [-0.3, -0.25) is 14.5 Å². The Bertz CT molecular complexity index is 1690. The molecule has 2 saturated heterocycles. The molecule has 1 atom stereocenters.